The van der Waals surface area contributed by atoms with E-state index in [2.05, 4.69) is 13.8 Å². The van der Waals surface area contributed by atoms with Crippen LogP contribution in [0.15, 0.2) is 0 Å². The zero-order chi connectivity index (χ0) is 17.7. The van der Waals surface area contributed by atoms with Gasteiger partial charge in [-0.2, -0.15) is 0 Å². The summed E-state index contributed by atoms with van der Waals surface area (Å²) in [6.07, 6.45) is 10.1. The molecule has 0 aliphatic rings. The largest absolute Gasteiger partial charge is 1.00 e. The standard InChI is InChI=1S/C19H36O4.K.Na/c1-4-7-9-10-11-13-15-19(17(20)21,18(22)23)16(6-3)14-12-8-5-2;;/h16H,4-15H2,1-3H3,(H,20,21)(H,22,23);;/q;2*+1/p-2. The predicted octanol–water partition coefficient (Wildman–Crippen LogP) is -3.16. The molecule has 25 heavy (non-hydrogen) atoms. The van der Waals surface area contributed by atoms with Crippen LogP contribution in [-0.2, 0) is 9.59 Å². The molecule has 0 rings (SSSR count). The molecule has 0 amide bonds. The first kappa shape index (κ1) is 31.3. The van der Waals surface area contributed by atoms with Crippen LogP contribution in [0.5, 0.6) is 0 Å². The van der Waals surface area contributed by atoms with Crippen LogP contribution in [0, 0.1) is 11.3 Å². The minimum Gasteiger partial charge on any atom is -0.549 e. The maximum atomic E-state index is 11.7. The number of carbonyl (C=O) groups is 2. The van der Waals surface area contributed by atoms with Gasteiger partial charge in [0.15, 0.2) is 0 Å². The Labute approximate surface area is 219 Å². The van der Waals surface area contributed by atoms with Crippen LogP contribution in [0.2, 0.25) is 0 Å². The Balaban J connectivity index is -0.00000242. The summed E-state index contributed by atoms with van der Waals surface area (Å²) in [6.45, 7) is 6.07. The Bertz CT molecular complexity index is 336. The van der Waals surface area contributed by atoms with Crippen LogP contribution in [0.25, 0.3) is 0 Å². The van der Waals surface area contributed by atoms with Crippen LogP contribution >= 0.6 is 0 Å². The Hall–Kier alpha value is 1.58. The van der Waals surface area contributed by atoms with Gasteiger partial charge in [0, 0.05) is 0 Å². The van der Waals surface area contributed by atoms with E-state index in [1.54, 1.807) is 0 Å². The van der Waals surface area contributed by atoms with Gasteiger partial charge in [-0.05, 0) is 18.8 Å². The van der Waals surface area contributed by atoms with Crippen molar-refractivity contribution >= 4 is 11.9 Å². The number of carboxylic acids is 2. The van der Waals surface area contributed by atoms with Crippen molar-refractivity contribution in [3.8, 4) is 0 Å². The summed E-state index contributed by atoms with van der Waals surface area (Å²) < 4.78 is 0. The molecule has 0 aliphatic heterocycles. The molecule has 0 aromatic heterocycles. The van der Waals surface area contributed by atoms with Crippen molar-refractivity contribution in [2.75, 3.05) is 0 Å². The van der Waals surface area contributed by atoms with Crippen LogP contribution in [0.4, 0.5) is 0 Å². The minimum atomic E-state index is -1.83. The number of hydrogen-bond acceptors (Lipinski definition) is 4. The summed E-state index contributed by atoms with van der Waals surface area (Å²) in [5.41, 5.74) is -1.83. The SMILES string of the molecule is CCCCCCCCC(C(=O)[O-])(C(=O)[O-])C(CC)CCCCC.[K+].[Na+]. The number of carboxylic acid groups (broad SMARTS) is 2. The monoisotopic (exact) mass is 388 g/mol. The fraction of sp³-hybridized carbons (Fsp3) is 0.895. The molecule has 6 heteroatoms. The van der Waals surface area contributed by atoms with E-state index >= 15 is 0 Å². The van der Waals surface area contributed by atoms with Gasteiger partial charge in [-0.1, -0.05) is 85.0 Å². The molecule has 1 unspecified atom stereocenters. The Morgan fingerprint density at radius 1 is 0.800 bits per heavy atom. The number of unbranched alkanes of at least 4 members (excludes halogenated alkanes) is 7. The summed E-state index contributed by atoms with van der Waals surface area (Å²) in [5, 5.41) is 23.5. The molecule has 0 saturated carbocycles. The van der Waals surface area contributed by atoms with E-state index in [0.29, 0.717) is 19.3 Å². The van der Waals surface area contributed by atoms with Crippen molar-refractivity contribution in [3.05, 3.63) is 0 Å². The molecule has 0 aliphatic carbocycles. The summed E-state index contributed by atoms with van der Waals surface area (Å²) in [7, 11) is 0. The second-order valence-electron chi connectivity index (χ2n) is 6.66. The average Bonchev–Trinajstić information content (AvgIpc) is 2.51. The second kappa shape index (κ2) is 18.9. The summed E-state index contributed by atoms with van der Waals surface area (Å²) >= 11 is 0. The molecule has 0 spiro atoms. The number of aliphatic carboxylic acids is 2. The van der Waals surface area contributed by atoms with Crippen molar-refractivity contribution in [2.24, 2.45) is 11.3 Å². The smallest absolute Gasteiger partial charge is 0.549 e. The maximum absolute atomic E-state index is 11.7. The van der Waals surface area contributed by atoms with Crippen LogP contribution in [-0.4, -0.2) is 11.9 Å². The van der Waals surface area contributed by atoms with E-state index in [4.69, 9.17) is 0 Å². The molecule has 0 radical (unpaired) electrons. The van der Waals surface area contributed by atoms with Crippen molar-refractivity contribution < 1.29 is 101 Å². The summed E-state index contributed by atoms with van der Waals surface area (Å²) in [6, 6.07) is 0. The third-order valence-electron chi connectivity index (χ3n) is 5.00. The van der Waals surface area contributed by atoms with Gasteiger partial charge in [0.2, 0.25) is 0 Å². The van der Waals surface area contributed by atoms with Gasteiger partial charge in [-0.25, -0.2) is 0 Å². The number of rotatable bonds is 15. The van der Waals surface area contributed by atoms with E-state index in [-0.39, 0.29) is 87.4 Å². The van der Waals surface area contributed by atoms with Gasteiger partial charge in [-0.15, -0.1) is 0 Å². The summed E-state index contributed by atoms with van der Waals surface area (Å²) in [4.78, 5) is 23.5. The van der Waals surface area contributed by atoms with E-state index in [9.17, 15) is 19.8 Å². The number of hydrogen-bond donors (Lipinski definition) is 0. The van der Waals surface area contributed by atoms with Gasteiger partial charge < -0.3 is 19.8 Å². The molecule has 0 heterocycles. The molecule has 1 atom stereocenters. The Morgan fingerprint density at radius 3 is 1.68 bits per heavy atom. The van der Waals surface area contributed by atoms with Crippen LogP contribution < -0.4 is 91.2 Å². The van der Waals surface area contributed by atoms with Gasteiger partial charge in [0.1, 0.15) is 0 Å². The average molecular weight is 389 g/mol. The van der Waals surface area contributed by atoms with Crippen LogP contribution in [0.3, 0.4) is 0 Å². The predicted molar refractivity (Wildman–Crippen MR) is 88.4 cm³/mol. The first-order chi connectivity index (χ1) is 11.0. The zero-order valence-electron chi connectivity index (χ0n) is 17.2. The molecule has 0 bridgehead atoms. The molecule has 0 fully saturated rings. The molecule has 0 aromatic rings. The Kier molecular flexibility index (Phi) is 23.7. The van der Waals surface area contributed by atoms with Crippen molar-refractivity contribution in [2.45, 2.75) is 97.8 Å². The van der Waals surface area contributed by atoms with E-state index in [0.717, 1.165) is 44.9 Å². The Morgan fingerprint density at radius 2 is 1.24 bits per heavy atom. The quantitative estimate of drug-likeness (QED) is 0.168. The van der Waals surface area contributed by atoms with Gasteiger partial charge in [0.25, 0.3) is 0 Å². The third-order valence-corrected chi connectivity index (χ3v) is 5.00. The molecular weight excluding hydrogens is 354 g/mol. The van der Waals surface area contributed by atoms with Gasteiger partial charge >= 0.3 is 80.9 Å². The fourth-order valence-corrected chi connectivity index (χ4v) is 3.45. The summed E-state index contributed by atoms with van der Waals surface area (Å²) in [5.74, 6) is -3.33. The molecule has 0 saturated heterocycles. The number of carbonyl (C=O) groups excluding carboxylic acids is 2. The minimum absolute atomic E-state index is 0. The zero-order valence-corrected chi connectivity index (χ0v) is 22.3. The van der Waals surface area contributed by atoms with Crippen molar-refractivity contribution in [3.63, 3.8) is 0 Å². The van der Waals surface area contributed by atoms with E-state index < -0.39 is 23.3 Å². The molecular formula is C19H34KNaO4. The topological polar surface area (TPSA) is 80.3 Å². The van der Waals surface area contributed by atoms with Crippen LogP contribution in [0.1, 0.15) is 97.8 Å². The first-order valence-corrected chi connectivity index (χ1v) is 9.40. The molecule has 136 valence electrons. The molecule has 4 nitrogen and oxygen atoms in total. The molecule has 0 aromatic carbocycles. The van der Waals surface area contributed by atoms with Gasteiger partial charge in [-0.3, -0.25) is 0 Å². The van der Waals surface area contributed by atoms with Gasteiger partial charge in [0.05, 0.1) is 17.4 Å². The fourth-order valence-electron chi connectivity index (χ4n) is 3.45. The van der Waals surface area contributed by atoms with E-state index in [1.807, 2.05) is 6.92 Å². The maximum Gasteiger partial charge on any atom is 1.00 e. The first-order valence-electron chi connectivity index (χ1n) is 9.40. The van der Waals surface area contributed by atoms with Crippen molar-refractivity contribution in [1.82, 2.24) is 0 Å². The second-order valence-corrected chi connectivity index (χ2v) is 6.66. The third kappa shape index (κ3) is 11.2. The normalized spacial score (nSPS) is 12.0. The van der Waals surface area contributed by atoms with Crippen molar-refractivity contribution in [1.29, 1.82) is 0 Å². The molecule has 0 N–H and O–H groups in total. The van der Waals surface area contributed by atoms with E-state index in [1.165, 1.54) is 6.42 Å².